The summed E-state index contributed by atoms with van der Waals surface area (Å²) in [5.74, 6) is -0.209. The van der Waals surface area contributed by atoms with Crippen LogP contribution in [0.4, 0.5) is 10.1 Å². The number of nitrogens with one attached hydrogen (secondary N) is 1. The first-order valence-corrected chi connectivity index (χ1v) is 6.15. The zero-order chi connectivity index (χ0) is 13.1. The first-order valence-electron chi connectivity index (χ1n) is 6.15. The molecule has 0 bridgehead atoms. The van der Waals surface area contributed by atoms with Crippen LogP contribution in [0.5, 0.6) is 0 Å². The maximum Gasteiger partial charge on any atom is 0.125 e. The summed E-state index contributed by atoms with van der Waals surface area (Å²) in [6.45, 7) is 6.13. The van der Waals surface area contributed by atoms with E-state index in [1.165, 1.54) is 17.2 Å². The number of hydrogen-bond acceptors (Lipinski definition) is 1. The normalized spacial score (nSPS) is 12.2. The Morgan fingerprint density at radius 3 is 2.56 bits per heavy atom. The highest BCUT2D eigenvalue weighted by Crippen LogP contribution is 2.23. The van der Waals surface area contributed by atoms with Gasteiger partial charge in [0.1, 0.15) is 5.82 Å². The number of aryl methyl sites for hydroxylation is 2. The highest BCUT2D eigenvalue weighted by atomic mass is 19.1. The van der Waals surface area contributed by atoms with Gasteiger partial charge < -0.3 is 5.32 Å². The van der Waals surface area contributed by atoms with Crippen molar-refractivity contribution in [2.24, 2.45) is 0 Å². The van der Waals surface area contributed by atoms with Gasteiger partial charge in [0, 0.05) is 11.7 Å². The largest absolute Gasteiger partial charge is 0.378 e. The average Bonchev–Trinajstić information content (AvgIpc) is 2.34. The Morgan fingerprint density at radius 2 is 1.83 bits per heavy atom. The van der Waals surface area contributed by atoms with E-state index in [9.17, 15) is 4.39 Å². The molecule has 0 aliphatic carbocycles. The van der Waals surface area contributed by atoms with Gasteiger partial charge in [0.05, 0.1) is 0 Å². The van der Waals surface area contributed by atoms with Gasteiger partial charge in [-0.15, -0.1) is 0 Å². The predicted octanol–water partition coefficient (Wildman–Crippen LogP) is 4.62. The Balaban J connectivity index is 2.21. The highest BCUT2D eigenvalue weighted by molar-refractivity contribution is 5.52. The zero-order valence-electron chi connectivity index (χ0n) is 11.0. The minimum Gasteiger partial charge on any atom is -0.378 e. The van der Waals surface area contributed by atoms with Crippen molar-refractivity contribution < 1.29 is 4.39 Å². The minimum absolute atomic E-state index is 0.158. The summed E-state index contributed by atoms with van der Waals surface area (Å²) in [6.07, 6.45) is 0. The van der Waals surface area contributed by atoms with Crippen molar-refractivity contribution in [3.05, 3.63) is 65.0 Å². The summed E-state index contributed by atoms with van der Waals surface area (Å²) in [6, 6.07) is 13.3. The molecule has 2 aromatic carbocycles. The Morgan fingerprint density at radius 1 is 1.06 bits per heavy atom. The van der Waals surface area contributed by atoms with Crippen molar-refractivity contribution in [1.82, 2.24) is 0 Å². The lowest BCUT2D eigenvalue weighted by Gasteiger charge is -2.18. The highest BCUT2D eigenvalue weighted by Gasteiger charge is 2.07. The molecule has 1 nitrogen and oxygen atoms in total. The van der Waals surface area contributed by atoms with E-state index in [4.69, 9.17) is 0 Å². The molecular weight excluding hydrogens is 225 g/mol. The molecule has 0 amide bonds. The van der Waals surface area contributed by atoms with Gasteiger partial charge in [-0.25, -0.2) is 4.39 Å². The number of anilines is 1. The molecule has 94 valence electrons. The van der Waals surface area contributed by atoms with Gasteiger partial charge in [-0.1, -0.05) is 35.9 Å². The molecule has 0 radical (unpaired) electrons. The Hall–Kier alpha value is -1.83. The molecule has 0 aliphatic rings. The van der Waals surface area contributed by atoms with Crippen molar-refractivity contribution in [1.29, 1.82) is 0 Å². The maximum absolute atomic E-state index is 13.2. The first-order chi connectivity index (χ1) is 8.56. The van der Waals surface area contributed by atoms with E-state index in [0.717, 1.165) is 11.3 Å². The summed E-state index contributed by atoms with van der Waals surface area (Å²) in [4.78, 5) is 0. The number of rotatable bonds is 3. The van der Waals surface area contributed by atoms with Crippen LogP contribution in [-0.4, -0.2) is 0 Å². The van der Waals surface area contributed by atoms with Gasteiger partial charge in [-0.3, -0.25) is 0 Å². The van der Waals surface area contributed by atoms with E-state index in [1.54, 1.807) is 12.1 Å². The fourth-order valence-corrected chi connectivity index (χ4v) is 2.01. The molecule has 1 atom stereocenters. The van der Waals surface area contributed by atoms with Crippen molar-refractivity contribution in [2.75, 3.05) is 5.32 Å². The molecule has 2 aromatic rings. The maximum atomic E-state index is 13.2. The van der Waals surface area contributed by atoms with Gasteiger partial charge in [0.25, 0.3) is 0 Å². The molecule has 0 saturated carbocycles. The number of benzene rings is 2. The van der Waals surface area contributed by atoms with Gasteiger partial charge in [0.15, 0.2) is 0 Å². The SMILES string of the molecule is Cc1cccc(C(C)Nc2cc(F)ccc2C)c1. The molecule has 2 heteroatoms. The third-order valence-electron chi connectivity index (χ3n) is 3.11. The molecule has 1 N–H and O–H groups in total. The second-order valence-electron chi connectivity index (χ2n) is 4.74. The monoisotopic (exact) mass is 243 g/mol. The van der Waals surface area contributed by atoms with Crippen LogP contribution in [0.15, 0.2) is 42.5 Å². The zero-order valence-corrected chi connectivity index (χ0v) is 11.0. The van der Waals surface area contributed by atoms with Crippen LogP contribution in [0, 0.1) is 19.7 Å². The summed E-state index contributed by atoms with van der Waals surface area (Å²) in [5, 5.41) is 3.35. The first kappa shape index (κ1) is 12.6. The molecule has 1 unspecified atom stereocenters. The van der Waals surface area contributed by atoms with Crippen LogP contribution >= 0.6 is 0 Å². The van der Waals surface area contributed by atoms with E-state index in [1.807, 2.05) is 13.0 Å². The molecule has 0 aromatic heterocycles. The topological polar surface area (TPSA) is 12.0 Å². The van der Waals surface area contributed by atoms with Crippen LogP contribution in [0.25, 0.3) is 0 Å². The fraction of sp³-hybridized carbons (Fsp3) is 0.250. The smallest absolute Gasteiger partial charge is 0.125 e. The van der Waals surface area contributed by atoms with E-state index in [2.05, 4.69) is 37.4 Å². The van der Waals surface area contributed by atoms with Crippen LogP contribution in [-0.2, 0) is 0 Å². The number of halogens is 1. The second-order valence-corrected chi connectivity index (χ2v) is 4.74. The molecule has 2 rings (SSSR count). The lowest BCUT2D eigenvalue weighted by Crippen LogP contribution is -2.08. The second kappa shape index (κ2) is 5.21. The standard InChI is InChI=1S/C16H18FN/c1-11-5-4-6-14(9-11)13(3)18-16-10-15(17)8-7-12(16)2/h4-10,13,18H,1-3H3. The van der Waals surface area contributed by atoms with E-state index in [0.29, 0.717) is 0 Å². The predicted molar refractivity (Wildman–Crippen MR) is 74.4 cm³/mol. The fourth-order valence-electron chi connectivity index (χ4n) is 2.01. The summed E-state index contributed by atoms with van der Waals surface area (Å²) >= 11 is 0. The third-order valence-corrected chi connectivity index (χ3v) is 3.11. The Kier molecular flexibility index (Phi) is 3.66. The lowest BCUT2D eigenvalue weighted by molar-refractivity contribution is 0.627. The number of hydrogen-bond donors (Lipinski definition) is 1. The van der Waals surface area contributed by atoms with Gasteiger partial charge in [-0.05, 0) is 44.0 Å². The van der Waals surface area contributed by atoms with Crippen LogP contribution in [0.3, 0.4) is 0 Å². The molecule has 0 saturated heterocycles. The Labute approximate surface area is 108 Å². The van der Waals surface area contributed by atoms with Crippen molar-refractivity contribution in [2.45, 2.75) is 26.8 Å². The third kappa shape index (κ3) is 2.89. The van der Waals surface area contributed by atoms with E-state index >= 15 is 0 Å². The van der Waals surface area contributed by atoms with Crippen LogP contribution in [0.2, 0.25) is 0 Å². The summed E-state index contributed by atoms with van der Waals surface area (Å²) < 4.78 is 13.2. The van der Waals surface area contributed by atoms with Crippen LogP contribution < -0.4 is 5.32 Å². The summed E-state index contributed by atoms with van der Waals surface area (Å²) in [5.41, 5.74) is 4.34. The van der Waals surface area contributed by atoms with Crippen LogP contribution in [0.1, 0.15) is 29.7 Å². The molecule has 0 spiro atoms. The Bertz CT molecular complexity index is 549. The molecule has 0 heterocycles. The molecular formula is C16H18FN. The van der Waals surface area contributed by atoms with Gasteiger partial charge in [0.2, 0.25) is 0 Å². The van der Waals surface area contributed by atoms with Crippen molar-refractivity contribution >= 4 is 5.69 Å². The van der Waals surface area contributed by atoms with Crippen molar-refractivity contribution in [3.63, 3.8) is 0 Å². The van der Waals surface area contributed by atoms with Gasteiger partial charge in [-0.2, -0.15) is 0 Å². The minimum atomic E-state index is -0.209. The van der Waals surface area contributed by atoms with E-state index < -0.39 is 0 Å². The molecule has 0 aliphatic heterocycles. The van der Waals surface area contributed by atoms with Gasteiger partial charge >= 0.3 is 0 Å². The average molecular weight is 243 g/mol. The van der Waals surface area contributed by atoms with Crippen molar-refractivity contribution in [3.8, 4) is 0 Å². The quantitative estimate of drug-likeness (QED) is 0.829. The lowest BCUT2D eigenvalue weighted by atomic mass is 10.0. The summed E-state index contributed by atoms with van der Waals surface area (Å²) in [7, 11) is 0. The molecule has 18 heavy (non-hydrogen) atoms. The van der Waals surface area contributed by atoms with E-state index in [-0.39, 0.29) is 11.9 Å². The molecule has 0 fully saturated rings.